The van der Waals surface area contributed by atoms with Crippen molar-refractivity contribution >= 4 is 34.3 Å². The zero-order valence-corrected chi connectivity index (χ0v) is 20.7. The molecule has 0 aliphatic heterocycles. The smallest absolute Gasteiger partial charge is 0.262 e. The molecule has 0 saturated heterocycles. The third-order valence-electron chi connectivity index (χ3n) is 5.44. The molecule has 1 aromatic heterocycles. The molecule has 0 bridgehead atoms. The average molecular weight is 469 g/mol. The summed E-state index contributed by atoms with van der Waals surface area (Å²) >= 11 is 1.28. The number of nitrogens with one attached hydrogen (secondary N) is 1. The number of para-hydroxylation sites is 1. The molecule has 0 radical (unpaired) electrons. The number of nitrogens with zero attached hydrogens (tertiary/aromatic N) is 3. The van der Waals surface area contributed by atoms with Crippen molar-refractivity contribution < 1.29 is 9.53 Å². The lowest BCUT2D eigenvalue weighted by molar-refractivity contribution is -0.113. The zero-order chi connectivity index (χ0) is 24.0. The largest absolute Gasteiger partial charge is 0.497 e. The van der Waals surface area contributed by atoms with Crippen molar-refractivity contribution in [2.75, 3.05) is 24.7 Å². The molecule has 0 aliphatic rings. The first-order chi connectivity index (χ1) is 15.8. The van der Waals surface area contributed by atoms with Crippen LogP contribution in [0.3, 0.4) is 0 Å². The highest BCUT2D eigenvalue weighted by atomic mass is 32.2. The monoisotopic (exact) mass is 468 g/mol. The molecule has 0 saturated carbocycles. The van der Waals surface area contributed by atoms with E-state index < -0.39 is 0 Å². The Balaban J connectivity index is 1.80. The number of rotatable bonds is 10. The molecule has 0 spiro atoms. The van der Waals surface area contributed by atoms with Crippen molar-refractivity contribution in [3.05, 3.63) is 58.9 Å². The van der Waals surface area contributed by atoms with Crippen molar-refractivity contribution in [3.63, 3.8) is 0 Å². The van der Waals surface area contributed by atoms with Gasteiger partial charge in [0.25, 0.3) is 5.56 Å². The molecular formula is C25H32N4O3S. The molecule has 1 N–H and O–H groups in total. The molecule has 0 atom stereocenters. The molecule has 33 heavy (non-hydrogen) atoms. The first-order valence-corrected chi connectivity index (χ1v) is 12.1. The average Bonchev–Trinajstić information content (AvgIpc) is 2.79. The normalized spacial score (nSPS) is 11.5. The van der Waals surface area contributed by atoms with E-state index in [1.54, 1.807) is 42.0 Å². The van der Waals surface area contributed by atoms with E-state index in [4.69, 9.17) is 9.72 Å². The van der Waals surface area contributed by atoms with Crippen LogP contribution in [0.1, 0.15) is 27.7 Å². The minimum atomic E-state index is -0.162. The van der Waals surface area contributed by atoms with Crippen LogP contribution in [0.15, 0.2) is 58.5 Å². The number of amides is 1. The number of carbonyl (C=O) groups excluding carboxylic acids is 1. The van der Waals surface area contributed by atoms with Gasteiger partial charge in [0.2, 0.25) is 5.91 Å². The molecule has 0 fully saturated rings. The third kappa shape index (κ3) is 6.36. The van der Waals surface area contributed by atoms with Crippen molar-refractivity contribution in [3.8, 4) is 5.75 Å². The summed E-state index contributed by atoms with van der Waals surface area (Å²) in [6.07, 6.45) is 0. The van der Waals surface area contributed by atoms with Gasteiger partial charge < -0.3 is 10.1 Å². The van der Waals surface area contributed by atoms with Gasteiger partial charge in [0.1, 0.15) is 5.75 Å². The molecule has 0 aliphatic carbocycles. The fourth-order valence-electron chi connectivity index (χ4n) is 3.78. The van der Waals surface area contributed by atoms with E-state index in [0.717, 1.165) is 12.3 Å². The minimum absolute atomic E-state index is 0.0777. The highest BCUT2D eigenvalue weighted by Crippen LogP contribution is 2.20. The first-order valence-electron chi connectivity index (χ1n) is 11.1. The second kappa shape index (κ2) is 11.3. The van der Waals surface area contributed by atoms with Gasteiger partial charge in [-0.2, -0.15) is 0 Å². The number of carbonyl (C=O) groups is 1. The van der Waals surface area contributed by atoms with Crippen LogP contribution < -0.4 is 15.6 Å². The molecule has 1 heterocycles. The van der Waals surface area contributed by atoms with E-state index in [2.05, 4.69) is 37.9 Å². The Bertz CT molecular complexity index is 1130. The van der Waals surface area contributed by atoms with Gasteiger partial charge in [0.05, 0.1) is 23.8 Å². The number of hydrogen-bond donors (Lipinski definition) is 1. The summed E-state index contributed by atoms with van der Waals surface area (Å²) in [5.41, 5.74) is 1.25. The number of methoxy groups -OCH3 is 1. The molecule has 176 valence electrons. The Kier molecular flexibility index (Phi) is 8.52. The van der Waals surface area contributed by atoms with E-state index in [1.807, 2.05) is 18.2 Å². The van der Waals surface area contributed by atoms with Gasteiger partial charge in [-0.05, 0) is 64.1 Å². The van der Waals surface area contributed by atoms with Crippen molar-refractivity contribution in [2.24, 2.45) is 0 Å². The van der Waals surface area contributed by atoms with Crippen LogP contribution in [0.5, 0.6) is 5.75 Å². The lowest BCUT2D eigenvalue weighted by Gasteiger charge is -2.30. The predicted molar refractivity (Wildman–Crippen MR) is 135 cm³/mol. The summed E-state index contributed by atoms with van der Waals surface area (Å²) in [5, 5.41) is 4.02. The Labute approximate surface area is 199 Å². The minimum Gasteiger partial charge on any atom is -0.497 e. The number of ether oxygens (including phenoxy) is 1. The van der Waals surface area contributed by atoms with Crippen LogP contribution in [-0.2, 0) is 11.3 Å². The van der Waals surface area contributed by atoms with Gasteiger partial charge >= 0.3 is 0 Å². The lowest BCUT2D eigenvalue weighted by atomic mass is 10.2. The van der Waals surface area contributed by atoms with Crippen LogP contribution in [0.4, 0.5) is 5.69 Å². The molecular weight excluding hydrogens is 436 g/mol. The molecule has 3 aromatic rings. The molecule has 2 aromatic carbocycles. The lowest BCUT2D eigenvalue weighted by Crippen LogP contribution is -2.40. The molecule has 0 unspecified atom stereocenters. The Morgan fingerprint density at radius 1 is 1.09 bits per heavy atom. The van der Waals surface area contributed by atoms with E-state index in [1.165, 1.54) is 11.8 Å². The highest BCUT2D eigenvalue weighted by molar-refractivity contribution is 7.99. The van der Waals surface area contributed by atoms with Crippen molar-refractivity contribution in [1.82, 2.24) is 14.5 Å². The van der Waals surface area contributed by atoms with Crippen molar-refractivity contribution in [1.29, 1.82) is 0 Å². The van der Waals surface area contributed by atoms with E-state index in [0.29, 0.717) is 40.4 Å². The topological polar surface area (TPSA) is 76.5 Å². The fraction of sp³-hybridized carbons (Fsp3) is 0.400. The third-order valence-corrected chi connectivity index (χ3v) is 6.42. The quantitative estimate of drug-likeness (QED) is 0.354. The molecule has 8 heteroatoms. The summed E-state index contributed by atoms with van der Waals surface area (Å²) in [5.74, 6) is 0.711. The van der Waals surface area contributed by atoms with E-state index in [-0.39, 0.29) is 17.2 Å². The highest BCUT2D eigenvalue weighted by Gasteiger charge is 2.17. The molecule has 1 amide bonds. The van der Waals surface area contributed by atoms with Crippen LogP contribution in [0.25, 0.3) is 10.9 Å². The van der Waals surface area contributed by atoms with Crippen LogP contribution in [0.2, 0.25) is 0 Å². The van der Waals surface area contributed by atoms with Gasteiger partial charge in [-0.25, -0.2) is 4.98 Å². The number of hydrogen-bond acceptors (Lipinski definition) is 6. The van der Waals surface area contributed by atoms with Crippen LogP contribution in [-0.4, -0.2) is 51.8 Å². The Hall–Kier alpha value is -2.84. The van der Waals surface area contributed by atoms with E-state index >= 15 is 0 Å². The van der Waals surface area contributed by atoms with Gasteiger partial charge in [-0.1, -0.05) is 23.9 Å². The standard InChI is InChI=1S/C25H32N4O3S/c1-17(2)28(18(3)4)14-15-29-24(31)21-8-6-7-9-22(21)27-25(29)33-16-23(30)26-19-10-12-20(32-5)13-11-19/h6-13,17-18H,14-16H2,1-5H3,(H,26,30). The fourth-order valence-corrected chi connectivity index (χ4v) is 4.61. The van der Waals surface area contributed by atoms with Gasteiger partial charge in [0, 0.05) is 30.9 Å². The Morgan fingerprint density at radius 3 is 2.39 bits per heavy atom. The predicted octanol–water partition coefficient (Wildman–Crippen LogP) is 4.25. The summed E-state index contributed by atoms with van der Waals surface area (Å²) in [7, 11) is 1.60. The number of fused-ring (bicyclic) bond motifs is 1. The number of aromatic nitrogens is 2. The van der Waals surface area contributed by atoms with Gasteiger partial charge in [-0.15, -0.1) is 0 Å². The number of thioether (sulfide) groups is 1. The maximum atomic E-state index is 13.3. The summed E-state index contributed by atoms with van der Waals surface area (Å²) < 4.78 is 6.85. The molecule has 3 rings (SSSR count). The first kappa shape index (κ1) is 24.8. The van der Waals surface area contributed by atoms with Gasteiger partial charge in [0.15, 0.2) is 5.16 Å². The summed E-state index contributed by atoms with van der Waals surface area (Å²) in [4.78, 5) is 32.9. The number of benzene rings is 2. The van der Waals surface area contributed by atoms with Gasteiger partial charge in [-0.3, -0.25) is 19.1 Å². The zero-order valence-electron chi connectivity index (χ0n) is 19.9. The summed E-state index contributed by atoms with van der Waals surface area (Å²) in [6, 6.07) is 15.2. The SMILES string of the molecule is COc1ccc(NC(=O)CSc2nc3ccccc3c(=O)n2CCN(C(C)C)C(C)C)cc1. The summed E-state index contributed by atoms with van der Waals surface area (Å²) in [6.45, 7) is 9.85. The Morgan fingerprint density at radius 2 is 1.76 bits per heavy atom. The van der Waals surface area contributed by atoms with Crippen LogP contribution >= 0.6 is 11.8 Å². The molecule has 7 nitrogen and oxygen atoms in total. The van der Waals surface area contributed by atoms with Crippen molar-refractivity contribution in [2.45, 2.75) is 51.5 Å². The second-order valence-electron chi connectivity index (χ2n) is 8.36. The second-order valence-corrected chi connectivity index (χ2v) is 9.30. The maximum Gasteiger partial charge on any atom is 0.262 e. The van der Waals surface area contributed by atoms with Crippen LogP contribution in [0, 0.1) is 0 Å². The maximum absolute atomic E-state index is 13.3. The van der Waals surface area contributed by atoms with E-state index in [9.17, 15) is 9.59 Å². The number of anilines is 1.